The van der Waals surface area contributed by atoms with Gasteiger partial charge in [0.15, 0.2) is 0 Å². The van der Waals surface area contributed by atoms with Gasteiger partial charge in [0.25, 0.3) is 5.91 Å². The van der Waals surface area contributed by atoms with Crippen LogP contribution in [-0.4, -0.2) is 52.9 Å². The Morgan fingerprint density at radius 3 is 2.52 bits per heavy atom. The number of rotatable bonds is 10. The van der Waals surface area contributed by atoms with Crippen LogP contribution in [0.15, 0.2) is 54.6 Å². The van der Waals surface area contributed by atoms with E-state index in [1.165, 1.54) is 6.26 Å². The van der Waals surface area contributed by atoms with Gasteiger partial charge < -0.3 is 14.2 Å². The molecule has 1 atom stereocenters. The first kappa shape index (κ1) is 27.7. The van der Waals surface area contributed by atoms with E-state index in [2.05, 4.69) is 4.98 Å². The molecule has 0 radical (unpaired) electrons. The molecule has 1 aromatic heterocycles. The number of carbonyl (C=O) groups is 1. The minimum absolute atomic E-state index is 0.0606. The minimum Gasteiger partial charge on any atom is -0.486 e. The minimum atomic E-state index is -3.86. The molecular formula is C27H29N3O8S2. The van der Waals surface area contributed by atoms with E-state index in [1.807, 2.05) is 29.8 Å². The third kappa shape index (κ3) is 6.31. The Morgan fingerprint density at radius 2 is 1.85 bits per heavy atom. The number of carbonyl (C=O) groups excluding carboxylic acids is 1. The normalized spacial score (nSPS) is 17.8. The zero-order valence-corrected chi connectivity index (χ0v) is 23.6. The molecule has 0 saturated carbocycles. The zero-order valence-electron chi connectivity index (χ0n) is 22.0. The van der Waals surface area contributed by atoms with E-state index in [0.29, 0.717) is 40.9 Å². The van der Waals surface area contributed by atoms with Gasteiger partial charge in [0.2, 0.25) is 5.88 Å². The average Bonchev–Trinajstić information content (AvgIpc) is 3.42. The molecule has 0 bridgehead atoms. The van der Waals surface area contributed by atoms with Gasteiger partial charge in [-0.05, 0) is 68.1 Å². The molecule has 13 heteroatoms. The lowest BCUT2D eigenvalue weighted by molar-refractivity contribution is -0.117. The molecule has 5 rings (SSSR count). The lowest BCUT2D eigenvalue weighted by Gasteiger charge is -2.18. The number of nitrogens with zero attached hydrogens (tertiary/aromatic N) is 2. The van der Waals surface area contributed by atoms with Gasteiger partial charge in [0, 0.05) is 17.9 Å². The molecule has 3 aromatic rings. The maximum atomic E-state index is 12.1. The maximum Gasteiger partial charge on any atom is 0.326 e. The van der Waals surface area contributed by atoms with Crippen molar-refractivity contribution < 1.29 is 35.8 Å². The molecule has 212 valence electrons. The molecule has 2 aliphatic rings. The fraction of sp³-hybridized carbons (Fsp3) is 0.333. The van der Waals surface area contributed by atoms with Gasteiger partial charge in [-0.2, -0.15) is 8.42 Å². The van der Waals surface area contributed by atoms with E-state index >= 15 is 0 Å². The van der Waals surface area contributed by atoms with Crippen LogP contribution in [0.1, 0.15) is 35.8 Å². The highest BCUT2D eigenvalue weighted by molar-refractivity contribution is 7.92. The van der Waals surface area contributed by atoms with E-state index in [9.17, 15) is 21.6 Å². The van der Waals surface area contributed by atoms with E-state index in [4.69, 9.17) is 14.2 Å². The lowest BCUT2D eigenvalue weighted by atomic mass is 10.1. The molecule has 2 heterocycles. The van der Waals surface area contributed by atoms with Gasteiger partial charge in [0.05, 0.1) is 23.7 Å². The lowest BCUT2D eigenvalue weighted by Crippen LogP contribution is -2.29. The number of hydrogen-bond donors (Lipinski definition) is 1. The largest absolute Gasteiger partial charge is 0.486 e. The number of amides is 1. The number of fused-ring (bicyclic) bond motifs is 1. The first-order chi connectivity index (χ1) is 19.0. The van der Waals surface area contributed by atoms with Crippen molar-refractivity contribution >= 4 is 31.6 Å². The predicted octanol–water partition coefficient (Wildman–Crippen LogP) is 3.24. The Hall–Kier alpha value is -3.84. The summed E-state index contributed by atoms with van der Waals surface area (Å²) < 4.78 is 67.7. The number of anilines is 1. The van der Waals surface area contributed by atoms with Crippen LogP contribution in [0.2, 0.25) is 0 Å². The second-order valence-electron chi connectivity index (χ2n) is 9.67. The number of sulfone groups is 1. The summed E-state index contributed by atoms with van der Waals surface area (Å²) in [6.07, 6.45) is 2.88. The number of aromatic nitrogens is 1. The quantitative estimate of drug-likeness (QED) is 0.354. The smallest absolute Gasteiger partial charge is 0.326 e. The Bertz CT molecular complexity index is 1640. The van der Waals surface area contributed by atoms with Gasteiger partial charge in [0.1, 0.15) is 39.7 Å². The summed E-state index contributed by atoms with van der Waals surface area (Å²) in [5.41, 5.74) is 3.07. The van der Waals surface area contributed by atoms with Crippen molar-refractivity contribution in [2.75, 3.05) is 29.5 Å². The molecule has 0 unspecified atom stereocenters. The first-order valence-electron chi connectivity index (χ1n) is 12.7. The van der Waals surface area contributed by atoms with Gasteiger partial charge in [-0.3, -0.25) is 4.79 Å². The van der Waals surface area contributed by atoms with Gasteiger partial charge >= 0.3 is 10.2 Å². The number of pyridine rings is 1. The third-order valence-electron chi connectivity index (χ3n) is 6.54. The zero-order chi connectivity index (χ0) is 28.5. The highest BCUT2D eigenvalue weighted by atomic mass is 32.2. The Kier molecular flexibility index (Phi) is 7.60. The molecule has 0 spiro atoms. The van der Waals surface area contributed by atoms with Crippen molar-refractivity contribution in [3.8, 4) is 23.1 Å². The van der Waals surface area contributed by atoms with Crippen LogP contribution in [0.3, 0.4) is 0 Å². The van der Waals surface area contributed by atoms with Crippen LogP contribution >= 0.6 is 0 Å². The van der Waals surface area contributed by atoms with Crippen molar-refractivity contribution in [1.82, 2.24) is 9.71 Å². The van der Waals surface area contributed by atoms with Crippen LogP contribution < -0.4 is 23.2 Å². The fourth-order valence-electron chi connectivity index (χ4n) is 4.66. The molecule has 1 aliphatic carbocycles. The van der Waals surface area contributed by atoms with E-state index < -0.39 is 26.0 Å². The van der Waals surface area contributed by atoms with E-state index in [-0.39, 0.29) is 25.0 Å². The molecule has 40 heavy (non-hydrogen) atoms. The summed E-state index contributed by atoms with van der Waals surface area (Å²) in [5, 5.41) is 0. The summed E-state index contributed by atoms with van der Waals surface area (Å²) in [6, 6.07) is 15.9. The van der Waals surface area contributed by atoms with Crippen LogP contribution in [0, 0.1) is 6.92 Å². The van der Waals surface area contributed by atoms with Crippen LogP contribution in [0.5, 0.6) is 23.1 Å². The number of aryl methyl sites for hydroxylation is 1. The van der Waals surface area contributed by atoms with Crippen molar-refractivity contribution in [2.24, 2.45) is 0 Å². The van der Waals surface area contributed by atoms with E-state index in [0.717, 1.165) is 28.3 Å². The summed E-state index contributed by atoms with van der Waals surface area (Å²) in [6.45, 7) is 1.82. The molecule has 11 nitrogen and oxygen atoms in total. The van der Waals surface area contributed by atoms with Gasteiger partial charge in [-0.25, -0.2) is 22.4 Å². The summed E-state index contributed by atoms with van der Waals surface area (Å²) in [5.74, 6) is 1.77. The van der Waals surface area contributed by atoms with Crippen molar-refractivity contribution in [1.29, 1.82) is 0 Å². The summed E-state index contributed by atoms with van der Waals surface area (Å²) in [4.78, 5) is 15.9. The molecule has 2 aromatic carbocycles. The SMILES string of the molecule is Cc1nc(OCCCS(C)(=O)=O)ccc1Oc1cccc2c1CC[C@H]2Oc1ccc(N2CC(=O)NS2(=O)=O)cc1. The Labute approximate surface area is 233 Å². The average molecular weight is 588 g/mol. The maximum absolute atomic E-state index is 12.1. The third-order valence-corrected chi connectivity index (χ3v) is 8.97. The first-order valence-corrected chi connectivity index (χ1v) is 16.2. The van der Waals surface area contributed by atoms with Crippen molar-refractivity contribution in [3.05, 3.63) is 71.4 Å². The van der Waals surface area contributed by atoms with Gasteiger partial charge in [-0.1, -0.05) is 12.1 Å². The number of benzene rings is 2. The monoisotopic (exact) mass is 587 g/mol. The van der Waals surface area contributed by atoms with Gasteiger partial charge in [-0.15, -0.1) is 0 Å². The second kappa shape index (κ2) is 11.0. The van der Waals surface area contributed by atoms with Crippen LogP contribution in [-0.2, 0) is 31.3 Å². The summed E-state index contributed by atoms with van der Waals surface area (Å²) in [7, 11) is -6.89. The standard InChI is InChI=1S/C27H29N3O8S2/c1-18-23(13-14-27(28-18)36-15-4-16-39(2,32)33)38-24-6-3-5-21-22(24)11-12-25(21)37-20-9-7-19(8-10-20)30-17-26(31)29-40(30,34)35/h3,5-10,13-14,25H,4,11-12,15-17H2,1-2H3,(H,29,31)/t25-/m1/s1. The van der Waals surface area contributed by atoms with Crippen molar-refractivity contribution in [3.63, 3.8) is 0 Å². The Morgan fingerprint density at radius 1 is 1.07 bits per heavy atom. The predicted molar refractivity (Wildman–Crippen MR) is 148 cm³/mol. The molecular weight excluding hydrogens is 558 g/mol. The molecule has 1 N–H and O–H groups in total. The van der Waals surface area contributed by atoms with Crippen LogP contribution in [0.25, 0.3) is 0 Å². The number of hydrogen-bond acceptors (Lipinski definition) is 9. The highest BCUT2D eigenvalue weighted by Gasteiger charge is 2.34. The van der Waals surface area contributed by atoms with Crippen LogP contribution in [0.4, 0.5) is 5.69 Å². The summed E-state index contributed by atoms with van der Waals surface area (Å²) >= 11 is 0. The topological polar surface area (TPSA) is 141 Å². The fourth-order valence-corrected chi connectivity index (χ4v) is 6.45. The highest BCUT2D eigenvalue weighted by Crippen LogP contribution is 2.41. The van der Waals surface area contributed by atoms with Crippen molar-refractivity contribution in [2.45, 2.75) is 32.3 Å². The van der Waals surface area contributed by atoms with E-state index in [1.54, 1.807) is 36.4 Å². The Balaban J connectivity index is 1.23. The molecule has 1 amide bonds. The molecule has 1 saturated heterocycles. The molecule has 1 aliphatic heterocycles. The number of ether oxygens (including phenoxy) is 3. The molecule has 1 fully saturated rings. The number of nitrogens with one attached hydrogen (secondary N) is 1. The second-order valence-corrected chi connectivity index (χ2v) is 13.5.